The highest BCUT2D eigenvalue weighted by Gasteiger charge is 2.37. The van der Waals surface area contributed by atoms with Crippen LogP contribution in [0.5, 0.6) is 0 Å². The monoisotopic (exact) mass is 398 g/mol. The molecule has 0 unspecified atom stereocenters. The second-order valence-corrected chi connectivity index (χ2v) is 8.31. The quantitative estimate of drug-likeness (QED) is 0.607. The lowest BCUT2D eigenvalue weighted by molar-refractivity contribution is -0.385. The van der Waals surface area contributed by atoms with Crippen molar-refractivity contribution in [1.82, 2.24) is 4.90 Å². The first-order chi connectivity index (χ1) is 13.3. The van der Waals surface area contributed by atoms with Crippen molar-refractivity contribution in [3.05, 3.63) is 79.4 Å². The van der Waals surface area contributed by atoms with Crippen LogP contribution in [-0.4, -0.2) is 33.6 Å². The van der Waals surface area contributed by atoms with Gasteiger partial charge in [0, 0.05) is 36.3 Å². The number of aryl methyl sites for hydroxylation is 1. The van der Waals surface area contributed by atoms with Crippen LogP contribution in [0.2, 0.25) is 5.02 Å². The van der Waals surface area contributed by atoms with Gasteiger partial charge in [-0.1, -0.05) is 29.8 Å². The molecule has 5 nitrogen and oxygen atoms in total. The number of benzene rings is 2. The van der Waals surface area contributed by atoms with Gasteiger partial charge in [-0.3, -0.25) is 15.0 Å². The molecular formula is C22H23ClN2O3. The summed E-state index contributed by atoms with van der Waals surface area (Å²) in [4.78, 5) is 13.2. The third-order valence-corrected chi connectivity index (χ3v) is 6.22. The maximum Gasteiger partial charge on any atom is 0.272 e. The summed E-state index contributed by atoms with van der Waals surface area (Å²) in [6, 6.07) is 11.4. The van der Waals surface area contributed by atoms with Crippen LogP contribution in [0, 0.1) is 17.0 Å². The molecule has 6 heteroatoms. The first kappa shape index (κ1) is 19.1. The number of piperidine rings is 1. The lowest BCUT2D eigenvalue weighted by Crippen LogP contribution is -2.45. The molecule has 0 spiro atoms. The summed E-state index contributed by atoms with van der Waals surface area (Å²) >= 11 is 5.95. The molecule has 1 N–H and O–H groups in total. The average Bonchev–Trinajstić information content (AvgIpc) is 3.08. The molecule has 0 radical (unpaired) electrons. The molecule has 2 aromatic rings. The van der Waals surface area contributed by atoms with Crippen molar-refractivity contribution in [2.24, 2.45) is 0 Å². The average molecular weight is 399 g/mol. The van der Waals surface area contributed by atoms with Gasteiger partial charge in [0.15, 0.2) is 0 Å². The number of likely N-dealkylation sites (tertiary alicyclic amines) is 1. The molecule has 2 aliphatic rings. The number of halogens is 1. The molecule has 0 amide bonds. The number of nitro benzene ring substituents is 1. The fraction of sp³-hybridized carbons (Fsp3) is 0.364. The van der Waals surface area contributed by atoms with E-state index in [1.54, 1.807) is 13.0 Å². The van der Waals surface area contributed by atoms with E-state index in [-0.39, 0.29) is 10.6 Å². The molecule has 0 bridgehead atoms. The van der Waals surface area contributed by atoms with Gasteiger partial charge in [0.25, 0.3) is 5.69 Å². The predicted molar refractivity (Wildman–Crippen MR) is 110 cm³/mol. The zero-order valence-electron chi connectivity index (χ0n) is 15.8. The van der Waals surface area contributed by atoms with Crippen LogP contribution in [0.3, 0.4) is 0 Å². The van der Waals surface area contributed by atoms with E-state index < -0.39 is 5.60 Å². The van der Waals surface area contributed by atoms with Crippen molar-refractivity contribution in [2.45, 2.75) is 38.3 Å². The van der Waals surface area contributed by atoms with Crippen LogP contribution < -0.4 is 0 Å². The van der Waals surface area contributed by atoms with Gasteiger partial charge in [-0.05, 0) is 66.6 Å². The van der Waals surface area contributed by atoms with Gasteiger partial charge < -0.3 is 5.11 Å². The fourth-order valence-corrected chi connectivity index (χ4v) is 4.38. The Balaban J connectivity index is 1.44. The van der Waals surface area contributed by atoms with Crippen LogP contribution in [0.1, 0.15) is 35.1 Å². The minimum Gasteiger partial charge on any atom is -0.385 e. The Morgan fingerprint density at radius 2 is 1.89 bits per heavy atom. The molecule has 28 heavy (non-hydrogen) atoms. The van der Waals surface area contributed by atoms with Crippen LogP contribution >= 0.6 is 11.6 Å². The fourth-order valence-electron chi connectivity index (χ4n) is 4.25. The van der Waals surface area contributed by atoms with E-state index >= 15 is 0 Å². The van der Waals surface area contributed by atoms with Crippen molar-refractivity contribution in [3.63, 3.8) is 0 Å². The molecule has 4 rings (SSSR count). The Labute approximate surface area is 169 Å². The largest absolute Gasteiger partial charge is 0.385 e. The first-order valence-corrected chi connectivity index (χ1v) is 9.90. The van der Waals surface area contributed by atoms with Crippen molar-refractivity contribution < 1.29 is 10.0 Å². The number of nitrogens with zero attached hydrogens (tertiary/aromatic N) is 2. The van der Waals surface area contributed by atoms with Gasteiger partial charge in [-0.2, -0.15) is 0 Å². The molecular weight excluding hydrogens is 376 g/mol. The van der Waals surface area contributed by atoms with E-state index in [1.807, 2.05) is 36.4 Å². The second kappa shape index (κ2) is 7.32. The highest BCUT2D eigenvalue weighted by atomic mass is 35.5. The van der Waals surface area contributed by atoms with Crippen LogP contribution in [-0.2, 0) is 13.0 Å². The van der Waals surface area contributed by atoms with Gasteiger partial charge in [-0.25, -0.2) is 0 Å². The summed E-state index contributed by atoms with van der Waals surface area (Å²) in [6.45, 7) is 4.23. The first-order valence-electron chi connectivity index (χ1n) is 9.52. The molecule has 146 valence electrons. The summed E-state index contributed by atoms with van der Waals surface area (Å²) in [5.74, 6) is 0. The van der Waals surface area contributed by atoms with E-state index in [4.69, 9.17) is 11.6 Å². The topological polar surface area (TPSA) is 66.6 Å². The molecule has 1 heterocycles. The number of fused-ring (bicyclic) bond motifs is 1. The molecule has 1 fully saturated rings. The van der Waals surface area contributed by atoms with Crippen LogP contribution in [0.15, 0.2) is 42.0 Å². The number of hydrogen-bond acceptors (Lipinski definition) is 4. The summed E-state index contributed by atoms with van der Waals surface area (Å²) in [5.41, 5.74) is 4.10. The third-order valence-electron chi connectivity index (χ3n) is 5.97. The Kier molecular flexibility index (Phi) is 5.00. The summed E-state index contributed by atoms with van der Waals surface area (Å²) in [5, 5.41) is 23.2. The maximum absolute atomic E-state index is 11.3. The number of rotatable bonds is 4. The summed E-state index contributed by atoms with van der Waals surface area (Å²) in [6.07, 6.45) is 3.96. The lowest BCUT2D eigenvalue weighted by Gasteiger charge is -2.39. The zero-order valence-corrected chi connectivity index (χ0v) is 16.6. The normalized spacial score (nSPS) is 18.6. The number of nitro groups is 1. The molecule has 0 saturated carbocycles. The van der Waals surface area contributed by atoms with Gasteiger partial charge >= 0.3 is 0 Å². The van der Waals surface area contributed by atoms with Gasteiger partial charge in [0.2, 0.25) is 0 Å². The summed E-state index contributed by atoms with van der Waals surface area (Å²) in [7, 11) is 0. The van der Waals surface area contributed by atoms with E-state index in [2.05, 4.69) is 4.90 Å². The van der Waals surface area contributed by atoms with Crippen molar-refractivity contribution in [2.75, 3.05) is 13.1 Å². The van der Waals surface area contributed by atoms with Crippen molar-refractivity contribution in [3.8, 4) is 0 Å². The summed E-state index contributed by atoms with van der Waals surface area (Å²) < 4.78 is 0. The van der Waals surface area contributed by atoms with E-state index in [0.717, 1.165) is 41.4 Å². The van der Waals surface area contributed by atoms with Crippen molar-refractivity contribution in [1.29, 1.82) is 0 Å². The van der Waals surface area contributed by atoms with Gasteiger partial charge in [-0.15, -0.1) is 0 Å². The number of aliphatic hydroxyl groups is 1. The Bertz CT molecular complexity index is 945. The van der Waals surface area contributed by atoms with E-state index in [1.165, 1.54) is 5.56 Å². The Hall–Kier alpha value is -2.21. The highest BCUT2D eigenvalue weighted by Crippen LogP contribution is 2.39. The Morgan fingerprint density at radius 1 is 1.21 bits per heavy atom. The maximum atomic E-state index is 11.3. The smallest absolute Gasteiger partial charge is 0.272 e. The van der Waals surface area contributed by atoms with Crippen LogP contribution in [0.25, 0.3) is 6.08 Å². The molecule has 0 aromatic heterocycles. The number of hydrogen-bond donors (Lipinski definition) is 1. The molecule has 1 aliphatic carbocycles. The molecule has 0 atom stereocenters. The minimum absolute atomic E-state index is 0.140. The van der Waals surface area contributed by atoms with Crippen molar-refractivity contribution >= 4 is 23.4 Å². The predicted octanol–water partition coefficient (Wildman–Crippen LogP) is 4.52. The SMILES string of the molecule is Cc1cc2c(cc1[N+](=O)[O-])C=C(C1(O)CCN(Cc3ccc(Cl)cc3)CC1)C2. The Morgan fingerprint density at radius 3 is 2.54 bits per heavy atom. The zero-order chi connectivity index (χ0) is 19.9. The minimum atomic E-state index is -0.835. The molecule has 1 saturated heterocycles. The third kappa shape index (κ3) is 3.70. The lowest BCUT2D eigenvalue weighted by atomic mass is 9.83. The van der Waals surface area contributed by atoms with E-state index in [0.29, 0.717) is 24.8 Å². The molecule has 1 aliphatic heterocycles. The highest BCUT2D eigenvalue weighted by molar-refractivity contribution is 6.30. The molecule has 2 aromatic carbocycles. The standard InChI is InChI=1S/C22H23ClN2O3/c1-15-10-17-11-19(12-18(17)13-21(15)25(27)28)22(26)6-8-24(9-7-22)14-16-2-4-20(23)5-3-16/h2-5,10,12-13,26H,6-9,11,14H2,1H3. The van der Waals surface area contributed by atoms with Crippen LogP contribution in [0.4, 0.5) is 5.69 Å². The van der Waals surface area contributed by atoms with Gasteiger partial charge in [0.05, 0.1) is 10.5 Å². The second-order valence-electron chi connectivity index (χ2n) is 7.88. The van der Waals surface area contributed by atoms with Gasteiger partial charge in [0.1, 0.15) is 0 Å². The van der Waals surface area contributed by atoms with E-state index in [9.17, 15) is 15.2 Å².